The van der Waals surface area contributed by atoms with Crippen LogP contribution in [-0.4, -0.2) is 21.7 Å². The molecule has 0 saturated carbocycles. The van der Waals surface area contributed by atoms with Crippen molar-refractivity contribution in [1.29, 1.82) is 0 Å². The van der Waals surface area contributed by atoms with Gasteiger partial charge in [-0.2, -0.15) is 5.10 Å². The number of nitrogens with one attached hydrogen (secondary N) is 1. The molecule has 0 aliphatic carbocycles. The molecule has 0 bridgehead atoms. The lowest BCUT2D eigenvalue weighted by molar-refractivity contribution is -0.119. The second-order valence-corrected chi connectivity index (χ2v) is 5.35. The highest BCUT2D eigenvalue weighted by Gasteiger charge is 2.28. The molecule has 0 aromatic carbocycles. The van der Waals surface area contributed by atoms with Crippen LogP contribution < -0.4 is 11.1 Å². The Kier molecular flexibility index (Phi) is 3.93. The van der Waals surface area contributed by atoms with Crippen LogP contribution in [0, 0.1) is 5.41 Å². The third-order valence-electron chi connectivity index (χ3n) is 2.71. The van der Waals surface area contributed by atoms with E-state index in [4.69, 9.17) is 5.73 Å². The van der Waals surface area contributed by atoms with Gasteiger partial charge < -0.3 is 11.1 Å². The number of rotatable bonds is 3. The number of aromatic nitrogens is 2. The molecule has 0 spiro atoms. The van der Waals surface area contributed by atoms with Crippen molar-refractivity contribution in [2.24, 2.45) is 18.2 Å². The molecule has 3 N–H and O–H groups in total. The topological polar surface area (TPSA) is 72.9 Å². The van der Waals surface area contributed by atoms with Crippen LogP contribution in [0.25, 0.3) is 0 Å². The minimum atomic E-state index is -0.535. The summed E-state index contributed by atoms with van der Waals surface area (Å²) < 4.78 is 1.69. The maximum absolute atomic E-state index is 12.0. The van der Waals surface area contributed by atoms with Gasteiger partial charge in [-0.1, -0.05) is 27.7 Å². The number of carbonyl (C=O) groups is 1. The van der Waals surface area contributed by atoms with Crippen molar-refractivity contribution in [3.05, 3.63) is 11.9 Å². The molecule has 0 aliphatic heterocycles. The van der Waals surface area contributed by atoms with Crippen molar-refractivity contribution in [2.75, 3.05) is 5.32 Å². The summed E-state index contributed by atoms with van der Waals surface area (Å²) in [6.07, 6.45) is 2.58. The number of nitrogens with two attached hydrogens (primary N) is 1. The quantitative estimate of drug-likeness (QED) is 0.833. The molecule has 0 aliphatic rings. The molecule has 0 saturated heterocycles. The maximum atomic E-state index is 12.0. The third-order valence-corrected chi connectivity index (χ3v) is 2.71. The van der Waals surface area contributed by atoms with E-state index in [9.17, 15) is 4.79 Å². The van der Waals surface area contributed by atoms with Gasteiger partial charge in [-0.05, 0) is 11.8 Å². The number of amides is 1. The second kappa shape index (κ2) is 4.87. The van der Waals surface area contributed by atoms with Crippen LogP contribution >= 0.6 is 0 Å². The summed E-state index contributed by atoms with van der Waals surface area (Å²) in [7, 11) is 1.83. The molecule has 0 unspecified atom stereocenters. The first-order valence-corrected chi connectivity index (χ1v) is 5.84. The predicted octanol–water partition coefficient (Wildman–Crippen LogP) is 1.29. The van der Waals surface area contributed by atoms with Gasteiger partial charge in [-0.3, -0.25) is 9.48 Å². The highest BCUT2D eigenvalue weighted by Crippen LogP contribution is 2.20. The van der Waals surface area contributed by atoms with Crippen LogP contribution in [0.15, 0.2) is 6.20 Å². The Labute approximate surface area is 102 Å². The van der Waals surface area contributed by atoms with E-state index >= 15 is 0 Å². The summed E-state index contributed by atoms with van der Waals surface area (Å²) in [5.41, 5.74) is 7.28. The highest BCUT2D eigenvalue weighted by atomic mass is 16.2. The van der Waals surface area contributed by atoms with Gasteiger partial charge >= 0.3 is 0 Å². The molecular formula is C12H22N4O. The van der Waals surface area contributed by atoms with Crippen molar-refractivity contribution in [1.82, 2.24) is 9.78 Å². The molecule has 1 amide bonds. The standard InChI is InChI=1S/C12H22N4O/c1-6-8-9(7-16(5)15-8)14-11(17)10(13)12(2,3)4/h7,10H,6,13H2,1-5H3,(H,14,17)/t10-/m1/s1. The first-order chi connectivity index (χ1) is 7.75. The van der Waals surface area contributed by atoms with E-state index in [1.807, 2.05) is 34.7 Å². The van der Waals surface area contributed by atoms with E-state index in [2.05, 4.69) is 10.4 Å². The molecule has 96 valence electrons. The number of hydrogen-bond donors (Lipinski definition) is 2. The van der Waals surface area contributed by atoms with Gasteiger partial charge in [0.2, 0.25) is 5.91 Å². The number of aryl methyl sites for hydroxylation is 2. The summed E-state index contributed by atoms with van der Waals surface area (Å²) in [6, 6.07) is -0.535. The Morgan fingerprint density at radius 1 is 1.59 bits per heavy atom. The van der Waals surface area contributed by atoms with Gasteiger partial charge in [0.25, 0.3) is 0 Å². The van der Waals surface area contributed by atoms with E-state index in [0.717, 1.165) is 17.8 Å². The van der Waals surface area contributed by atoms with Crippen LogP contribution in [0.1, 0.15) is 33.4 Å². The summed E-state index contributed by atoms with van der Waals surface area (Å²) in [5, 5.41) is 7.11. The van der Waals surface area contributed by atoms with Crippen molar-refractivity contribution in [3.63, 3.8) is 0 Å². The molecule has 5 nitrogen and oxygen atoms in total. The molecule has 17 heavy (non-hydrogen) atoms. The molecule has 1 atom stereocenters. The zero-order valence-corrected chi connectivity index (χ0v) is 11.2. The predicted molar refractivity (Wildman–Crippen MR) is 68.6 cm³/mol. The van der Waals surface area contributed by atoms with Gasteiger partial charge in [0.05, 0.1) is 17.4 Å². The number of nitrogens with zero attached hydrogens (tertiary/aromatic N) is 2. The third kappa shape index (κ3) is 3.30. The fourth-order valence-electron chi connectivity index (χ4n) is 1.50. The summed E-state index contributed by atoms with van der Waals surface area (Å²) in [4.78, 5) is 12.0. The SMILES string of the molecule is CCc1nn(C)cc1NC(=O)[C@@H](N)C(C)(C)C. The lowest BCUT2D eigenvalue weighted by atomic mass is 9.87. The number of carbonyl (C=O) groups excluding carboxylic acids is 1. The van der Waals surface area contributed by atoms with E-state index in [1.54, 1.807) is 10.9 Å². The molecule has 5 heteroatoms. The van der Waals surface area contributed by atoms with Gasteiger partial charge in [-0.15, -0.1) is 0 Å². The lowest BCUT2D eigenvalue weighted by Gasteiger charge is -2.25. The lowest BCUT2D eigenvalue weighted by Crippen LogP contribution is -2.45. The van der Waals surface area contributed by atoms with Crippen molar-refractivity contribution in [2.45, 2.75) is 40.2 Å². The smallest absolute Gasteiger partial charge is 0.241 e. The van der Waals surface area contributed by atoms with Crippen LogP contribution in [0.5, 0.6) is 0 Å². The van der Waals surface area contributed by atoms with Gasteiger partial charge in [0, 0.05) is 13.2 Å². The van der Waals surface area contributed by atoms with Crippen molar-refractivity contribution < 1.29 is 4.79 Å². The normalized spacial score (nSPS) is 13.5. The Bertz CT molecular complexity index is 403. The average molecular weight is 238 g/mol. The van der Waals surface area contributed by atoms with E-state index in [-0.39, 0.29) is 11.3 Å². The maximum Gasteiger partial charge on any atom is 0.241 e. The minimum Gasteiger partial charge on any atom is -0.322 e. The minimum absolute atomic E-state index is 0.166. The van der Waals surface area contributed by atoms with Crippen molar-refractivity contribution in [3.8, 4) is 0 Å². The number of hydrogen-bond acceptors (Lipinski definition) is 3. The van der Waals surface area contributed by atoms with Gasteiger partial charge in [-0.25, -0.2) is 0 Å². The van der Waals surface area contributed by atoms with Gasteiger partial charge in [0.15, 0.2) is 0 Å². The van der Waals surface area contributed by atoms with Crippen LogP contribution in [0.2, 0.25) is 0 Å². The first kappa shape index (κ1) is 13.7. The van der Waals surface area contributed by atoms with E-state index < -0.39 is 6.04 Å². The van der Waals surface area contributed by atoms with Crippen molar-refractivity contribution >= 4 is 11.6 Å². The molecule has 1 rings (SSSR count). The average Bonchev–Trinajstić information content (AvgIpc) is 2.56. The van der Waals surface area contributed by atoms with E-state index in [0.29, 0.717) is 0 Å². The van der Waals surface area contributed by atoms with E-state index in [1.165, 1.54) is 0 Å². The Balaban J connectivity index is 2.81. The van der Waals surface area contributed by atoms with Gasteiger partial charge in [0.1, 0.15) is 0 Å². The summed E-state index contributed by atoms with van der Waals surface area (Å²) >= 11 is 0. The Morgan fingerprint density at radius 2 is 2.18 bits per heavy atom. The monoisotopic (exact) mass is 238 g/mol. The highest BCUT2D eigenvalue weighted by molar-refractivity contribution is 5.95. The molecular weight excluding hydrogens is 216 g/mol. The molecule has 0 radical (unpaired) electrons. The molecule has 1 heterocycles. The fraction of sp³-hybridized carbons (Fsp3) is 0.667. The zero-order chi connectivity index (χ0) is 13.2. The van der Waals surface area contributed by atoms with Crippen LogP contribution in [0.4, 0.5) is 5.69 Å². The second-order valence-electron chi connectivity index (χ2n) is 5.35. The largest absolute Gasteiger partial charge is 0.322 e. The zero-order valence-electron chi connectivity index (χ0n) is 11.2. The molecule has 1 aromatic heterocycles. The molecule has 0 fully saturated rings. The summed E-state index contributed by atoms with van der Waals surface area (Å²) in [5.74, 6) is -0.166. The number of anilines is 1. The summed E-state index contributed by atoms with van der Waals surface area (Å²) in [6.45, 7) is 7.84. The van der Waals surface area contributed by atoms with Crippen LogP contribution in [0.3, 0.4) is 0 Å². The first-order valence-electron chi connectivity index (χ1n) is 5.84. The Morgan fingerprint density at radius 3 is 2.65 bits per heavy atom. The Hall–Kier alpha value is -1.36. The fourth-order valence-corrected chi connectivity index (χ4v) is 1.50. The van der Waals surface area contributed by atoms with Crippen LogP contribution in [-0.2, 0) is 18.3 Å². The molecule has 1 aromatic rings.